The molecule has 0 aromatic heterocycles. The first-order valence-corrected chi connectivity index (χ1v) is 6.25. The monoisotopic (exact) mass is 251 g/mol. The van der Waals surface area contributed by atoms with Crippen LogP contribution in [0.1, 0.15) is 20.3 Å². The van der Waals surface area contributed by atoms with E-state index in [-0.39, 0.29) is 12.4 Å². The SMILES string of the molecule is CCN(CC)c1cccc(OCCC(=O)OC)c1. The van der Waals surface area contributed by atoms with Crippen LogP contribution in [0.4, 0.5) is 5.69 Å². The molecule has 100 valence electrons. The van der Waals surface area contributed by atoms with Crippen molar-refractivity contribution >= 4 is 11.7 Å². The van der Waals surface area contributed by atoms with Gasteiger partial charge in [-0.15, -0.1) is 0 Å². The molecular weight excluding hydrogens is 230 g/mol. The number of esters is 1. The van der Waals surface area contributed by atoms with Gasteiger partial charge in [0.15, 0.2) is 0 Å². The van der Waals surface area contributed by atoms with Gasteiger partial charge in [-0.25, -0.2) is 0 Å². The van der Waals surface area contributed by atoms with Crippen molar-refractivity contribution in [1.82, 2.24) is 0 Å². The molecule has 0 fully saturated rings. The highest BCUT2D eigenvalue weighted by Gasteiger charge is 2.04. The summed E-state index contributed by atoms with van der Waals surface area (Å²) in [6.45, 7) is 6.50. The van der Waals surface area contributed by atoms with Crippen LogP contribution in [0, 0.1) is 0 Å². The van der Waals surface area contributed by atoms with Gasteiger partial charge in [-0.3, -0.25) is 4.79 Å². The molecule has 4 nitrogen and oxygen atoms in total. The van der Waals surface area contributed by atoms with Gasteiger partial charge in [0.05, 0.1) is 20.1 Å². The average Bonchev–Trinajstić information content (AvgIpc) is 2.40. The molecule has 0 saturated carbocycles. The molecule has 0 aliphatic heterocycles. The Labute approximate surface area is 108 Å². The van der Waals surface area contributed by atoms with Gasteiger partial charge in [-0.1, -0.05) is 6.07 Å². The number of hydrogen-bond donors (Lipinski definition) is 0. The summed E-state index contributed by atoms with van der Waals surface area (Å²) in [5.74, 6) is 0.526. The molecule has 0 unspecified atom stereocenters. The summed E-state index contributed by atoms with van der Waals surface area (Å²) in [4.78, 5) is 13.2. The summed E-state index contributed by atoms with van der Waals surface area (Å²) in [6.07, 6.45) is 0.270. The van der Waals surface area contributed by atoms with Crippen LogP contribution in [0.2, 0.25) is 0 Å². The molecule has 0 aliphatic rings. The minimum atomic E-state index is -0.255. The topological polar surface area (TPSA) is 38.8 Å². The minimum absolute atomic E-state index is 0.255. The van der Waals surface area contributed by atoms with E-state index in [1.807, 2.05) is 18.2 Å². The van der Waals surface area contributed by atoms with Crippen LogP contribution < -0.4 is 9.64 Å². The zero-order valence-corrected chi connectivity index (χ0v) is 11.3. The molecule has 0 radical (unpaired) electrons. The van der Waals surface area contributed by atoms with Gasteiger partial charge < -0.3 is 14.4 Å². The van der Waals surface area contributed by atoms with Crippen LogP contribution in [0.5, 0.6) is 5.75 Å². The van der Waals surface area contributed by atoms with Crippen molar-refractivity contribution in [2.75, 3.05) is 31.7 Å². The molecule has 1 aromatic rings. The van der Waals surface area contributed by atoms with Crippen LogP contribution in [0.25, 0.3) is 0 Å². The Hall–Kier alpha value is -1.71. The van der Waals surface area contributed by atoms with Gasteiger partial charge >= 0.3 is 5.97 Å². The lowest BCUT2D eigenvalue weighted by atomic mass is 10.2. The summed E-state index contributed by atoms with van der Waals surface area (Å²) in [5, 5.41) is 0. The van der Waals surface area contributed by atoms with Gasteiger partial charge in [0.2, 0.25) is 0 Å². The first kappa shape index (κ1) is 14.4. The standard InChI is InChI=1S/C14H21NO3/c1-4-15(5-2)12-7-6-8-13(11-12)18-10-9-14(16)17-3/h6-8,11H,4-5,9-10H2,1-3H3. The predicted molar refractivity (Wildman–Crippen MR) is 72.1 cm³/mol. The summed E-state index contributed by atoms with van der Waals surface area (Å²) in [7, 11) is 1.38. The zero-order valence-electron chi connectivity index (χ0n) is 11.3. The smallest absolute Gasteiger partial charge is 0.308 e. The van der Waals surface area contributed by atoms with Gasteiger partial charge in [-0.2, -0.15) is 0 Å². The maximum atomic E-state index is 11.0. The lowest BCUT2D eigenvalue weighted by Gasteiger charge is -2.21. The molecular formula is C14H21NO3. The predicted octanol–water partition coefficient (Wildman–Crippen LogP) is 2.47. The highest BCUT2D eigenvalue weighted by atomic mass is 16.5. The van der Waals surface area contributed by atoms with E-state index < -0.39 is 0 Å². The Morgan fingerprint density at radius 3 is 2.61 bits per heavy atom. The number of methoxy groups -OCH3 is 1. The molecule has 0 N–H and O–H groups in total. The van der Waals surface area contributed by atoms with Gasteiger partial charge in [0.25, 0.3) is 0 Å². The Balaban J connectivity index is 2.56. The van der Waals surface area contributed by atoms with Crippen molar-refractivity contribution in [1.29, 1.82) is 0 Å². The van der Waals surface area contributed by atoms with Gasteiger partial charge in [-0.05, 0) is 26.0 Å². The second-order valence-corrected chi connectivity index (χ2v) is 3.84. The molecule has 0 atom stereocenters. The normalized spacial score (nSPS) is 9.94. The molecule has 0 amide bonds. The number of ether oxygens (including phenoxy) is 2. The van der Waals surface area contributed by atoms with E-state index in [0.717, 1.165) is 24.5 Å². The second kappa shape index (κ2) is 7.58. The first-order chi connectivity index (χ1) is 8.71. The van der Waals surface area contributed by atoms with Crippen LogP contribution in [0.15, 0.2) is 24.3 Å². The van der Waals surface area contributed by atoms with Crippen LogP contribution in [-0.4, -0.2) is 32.8 Å². The van der Waals surface area contributed by atoms with Crippen molar-refractivity contribution in [2.45, 2.75) is 20.3 Å². The summed E-state index contributed by atoms with van der Waals surface area (Å²) in [5.41, 5.74) is 1.13. The van der Waals surface area contributed by atoms with E-state index in [1.54, 1.807) is 0 Å². The van der Waals surface area contributed by atoms with Crippen LogP contribution in [0.3, 0.4) is 0 Å². The third kappa shape index (κ3) is 4.28. The average molecular weight is 251 g/mol. The number of benzene rings is 1. The summed E-state index contributed by atoms with van der Waals surface area (Å²) < 4.78 is 10.1. The maximum Gasteiger partial charge on any atom is 0.308 e. The zero-order chi connectivity index (χ0) is 13.4. The van der Waals surface area contributed by atoms with E-state index >= 15 is 0 Å². The van der Waals surface area contributed by atoms with Gasteiger partial charge in [0.1, 0.15) is 5.75 Å². The van der Waals surface area contributed by atoms with Crippen molar-refractivity contribution in [3.63, 3.8) is 0 Å². The number of carbonyl (C=O) groups excluding carboxylic acids is 1. The Morgan fingerprint density at radius 2 is 2.00 bits per heavy atom. The van der Waals surface area contributed by atoms with Crippen molar-refractivity contribution < 1.29 is 14.3 Å². The molecule has 1 aromatic carbocycles. The highest BCUT2D eigenvalue weighted by molar-refractivity contribution is 5.69. The van der Waals surface area contributed by atoms with Crippen molar-refractivity contribution in [3.05, 3.63) is 24.3 Å². The molecule has 4 heteroatoms. The third-order valence-electron chi connectivity index (χ3n) is 2.75. The molecule has 0 saturated heterocycles. The van der Waals surface area contributed by atoms with E-state index in [9.17, 15) is 4.79 Å². The lowest BCUT2D eigenvalue weighted by molar-refractivity contribution is -0.141. The summed E-state index contributed by atoms with van der Waals surface area (Å²) in [6, 6.07) is 7.90. The largest absolute Gasteiger partial charge is 0.493 e. The Bertz CT molecular complexity index is 375. The summed E-state index contributed by atoms with van der Waals surface area (Å²) >= 11 is 0. The first-order valence-electron chi connectivity index (χ1n) is 6.25. The minimum Gasteiger partial charge on any atom is -0.493 e. The molecule has 0 heterocycles. The quantitative estimate of drug-likeness (QED) is 0.698. The van der Waals surface area contributed by atoms with Crippen LogP contribution in [-0.2, 0) is 9.53 Å². The van der Waals surface area contributed by atoms with E-state index in [0.29, 0.717) is 6.61 Å². The number of rotatable bonds is 7. The molecule has 0 bridgehead atoms. The molecule has 1 rings (SSSR count). The van der Waals surface area contributed by atoms with E-state index in [1.165, 1.54) is 7.11 Å². The Kier molecular flexibility index (Phi) is 6.05. The fraction of sp³-hybridized carbons (Fsp3) is 0.500. The lowest BCUT2D eigenvalue weighted by Crippen LogP contribution is -2.21. The number of carbonyl (C=O) groups is 1. The van der Waals surface area contributed by atoms with E-state index in [2.05, 4.69) is 29.6 Å². The van der Waals surface area contributed by atoms with Crippen LogP contribution >= 0.6 is 0 Å². The molecule has 0 aliphatic carbocycles. The van der Waals surface area contributed by atoms with Gasteiger partial charge in [0, 0.05) is 24.8 Å². The number of nitrogens with zero attached hydrogens (tertiary/aromatic N) is 1. The second-order valence-electron chi connectivity index (χ2n) is 3.84. The molecule has 18 heavy (non-hydrogen) atoms. The third-order valence-corrected chi connectivity index (χ3v) is 2.75. The van der Waals surface area contributed by atoms with Crippen molar-refractivity contribution in [2.24, 2.45) is 0 Å². The van der Waals surface area contributed by atoms with E-state index in [4.69, 9.17) is 4.74 Å². The van der Waals surface area contributed by atoms with Crippen molar-refractivity contribution in [3.8, 4) is 5.75 Å². The maximum absolute atomic E-state index is 11.0. The fourth-order valence-corrected chi connectivity index (χ4v) is 1.71. The molecule has 0 spiro atoms. The Morgan fingerprint density at radius 1 is 1.28 bits per heavy atom. The number of hydrogen-bond acceptors (Lipinski definition) is 4. The number of anilines is 1. The highest BCUT2D eigenvalue weighted by Crippen LogP contribution is 2.21. The fourth-order valence-electron chi connectivity index (χ4n) is 1.71.